The minimum absolute atomic E-state index is 0.0124. The third-order valence-corrected chi connectivity index (χ3v) is 5.87. The molecule has 1 aromatic carbocycles. The van der Waals surface area contributed by atoms with E-state index in [1.54, 1.807) is 12.3 Å². The summed E-state index contributed by atoms with van der Waals surface area (Å²) in [5.41, 5.74) is 23.0. The summed E-state index contributed by atoms with van der Waals surface area (Å²) in [4.78, 5) is 68.1. The number of carbonyl (C=O) groups excluding carboxylic acids is 4. The fraction of sp³-hybridized carbons (Fsp3) is 0.417. The van der Waals surface area contributed by atoms with E-state index in [2.05, 4.69) is 25.9 Å². The van der Waals surface area contributed by atoms with Crippen molar-refractivity contribution in [2.45, 2.75) is 49.9 Å². The number of nitrogens with two attached hydrogens (primary N) is 4. The first-order valence-electron chi connectivity index (χ1n) is 12.3. The molecule has 0 aliphatic rings. The number of guanidine groups is 1. The average molecular weight is 562 g/mol. The minimum atomic E-state index is -1.67. The van der Waals surface area contributed by atoms with Crippen molar-refractivity contribution >= 4 is 46.5 Å². The SMILES string of the molecule is NC(=O)CC(NC(=O)C(CO)NC(=O)C(Cc1c[nH]c2ccccc12)NC(=O)C(N)CCCN=C(N)N)C(=O)O. The number of hydrogen-bond acceptors (Lipinski definition) is 8. The van der Waals surface area contributed by atoms with Crippen LogP contribution in [0.5, 0.6) is 0 Å². The normalized spacial score (nSPS) is 13.8. The van der Waals surface area contributed by atoms with E-state index < -0.39 is 66.8 Å². The molecule has 0 spiro atoms. The third-order valence-electron chi connectivity index (χ3n) is 5.87. The lowest BCUT2D eigenvalue weighted by atomic mass is 10.0. The molecule has 0 aliphatic carbocycles. The van der Waals surface area contributed by atoms with Crippen LogP contribution in [0.2, 0.25) is 0 Å². The first kappa shape index (κ1) is 31.5. The minimum Gasteiger partial charge on any atom is -0.480 e. The summed E-state index contributed by atoms with van der Waals surface area (Å²) in [6.07, 6.45) is 1.56. The van der Waals surface area contributed by atoms with Crippen LogP contribution in [0.3, 0.4) is 0 Å². The van der Waals surface area contributed by atoms with Gasteiger partial charge in [0.1, 0.15) is 18.1 Å². The highest BCUT2D eigenvalue weighted by atomic mass is 16.4. The molecule has 4 atom stereocenters. The number of carbonyl (C=O) groups is 5. The molecule has 1 heterocycles. The van der Waals surface area contributed by atoms with Crippen LogP contribution in [0, 0.1) is 0 Å². The number of nitrogens with one attached hydrogen (secondary N) is 4. The van der Waals surface area contributed by atoms with E-state index >= 15 is 0 Å². The van der Waals surface area contributed by atoms with Crippen molar-refractivity contribution in [3.63, 3.8) is 0 Å². The van der Waals surface area contributed by atoms with E-state index in [4.69, 9.17) is 22.9 Å². The molecule has 0 saturated carbocycles. The highest BCUT2D eigenvalue weighted by Gasteiger charge is 2.31. The van der Waals surface area contributed by atoms with Gasteiger partial charge in [0.25, 0.3) is 0 Å². The molecular weight excluding hydrogens is 526 g/mol. The highest BCUT2D eigenvalue weighted by molar-refractivity contribution is 5.95. The molecule has 218 valence electrons. The van der Waals surface area contributed by atoms with Gasteiger partial charge in [-0.3, -0.25) is 24.2 Å². The smallest absolute Gasteiger partial charge is 0.326 e. The summed E-state index contributed by atoms with van der Waals surface area (Å²) in [5.74, 6) is -5.18. The van der Waals surface area contributed by atoms with Crippen molar-refractivity contribution in [3.8, 4) is 0 Å². The Morgan fingerprint density at radius 2 is 1.55 bits per heavy atom. The third kappa shape index (κ3) is 9.55. The maximum Gasteiger partial charge on any atom is 0.326 e. The maximum atomic E-state index is 13.3. The Morgan fingerprint density at radius 3 is 2.17 bits per heavy atom. The van der Waals surface area contributed by atoms with E-state index in [9.17, 15) is 34.2 Å². The van der Waals surface area contributed by atoms with E-state index in [-0.39, 0.29) is 25.3 Å². The molecule has 2 rings (SSSR count). The van der Waals surface area contributed by atoms with Gasteiger partial charge in [-0.15, -0.1) is 0 Å². The number of aliphatic hydroxyl groups is 1. The number of primary amides is 1. The number of aromatic nitrogens is 1. The largest absolute Gasteiger partial charge is 0.480 e. The molecule has 4 unspecified atom stereocenters. The van der Waals surface area contributed by atoms with Crippen LogP contribution < -0.4 is 38.9 Å². The second kappa shape index (κ2) is 15.0. The quantitative estimate of drug-likeness (QED) is 0.0547. The van der Waals surface area contributed by atoms with E-state index in [1.165, 1.54) is 0 Å². The van der Waals surface area contributed by atoms with Crippen molar-refractivity contribution in [2.75, 3.05) is 13.2 Å². The van der Waals surface area contributed by atoms with Gasteiger partial charge in [0, 0.05) is 30.1 Å². The summed E-state index contributed by atoms with van der Waals surface area (Å²) >= 11 is 0. The molecule has 0 bridgehead atoms. The number of fused-ring (bicyclic) bond motifs is 1. The van der Waals surface area contributed by atoms with Crippen molar-refractivity contribution < 1.29 is 34.2 Å². The summed E-state index contributed by atoms with van der Waals surface area (Å²) < 4.78 is 0. The van der Waals surface area contributed by atoms with Crippen LogP contribution in [0.4, 0.5) is 0 Å². The lowest BCUT2D eigenvalue weighted by Crippen LogP contribution is -2.58. The first-order chi connectivity index (χ1) is 18.9. The fourth-order valence-electron chi connectivity index (χ4n) is 3.80. The maximum absolute atomic E-state index is 13.3. The molecule has 0 fully saturated rings. The molecule has 4 amide bonds. The van der Waals surface area contributed by atoms with Gasteiger partial charge in [0.05, 0.1) is 19.1 Å². The number of para-hydroxylation sites is 1. The van der Waals surface area contributed by atoms with Crippen LogP contribution in [0.25, 0.3) is 10.9 Å². The standard InChI is InChI=1S/C24H35N9O7/c25-14(5-3-7-29-24(27)28)20(36)31-16(8-12-10-30-15-6-2-1-4-13(12)15)21(37)33-18(11-34)22(38)32-17(23(39)40)9-19(26)35/h1-2,4,6,10,14,16-18,30,34H,3,5,7-9,11,25H2,(H2,26,35)(H,31,36)(H,32,38)(H,33,37)(H,39,40)(H4,27,28,29). The number of aliphatic imine (C=N–C) groups is 1. The zero-order valence-electron chi connectivity index (χ0n) is 21.6. The average Bonchev–Trinajstić information content (AvgIpc) is 3.30. The van der Waals surface area contributed by atoms with Crippen molar-refractivity contribution in [3.05, 3.63) is 36.0 Å². The van der Waals surface area contributed by atoms with Crippen molar-refractivity contribution in [1.29, 1.82) is 0 Å². The number of aliphatic hydroxyl groups excluding tert-OH is 1. The fourth-order valence-corrected chi connectivity index (χ4v) is 3.80. The number of hydrogen-bond donors (Lipinski definition) is 10. The van der Waals surface area contributed by atoms with E-state index in [0.29, 0.717) is 12.0 Å². The first-order valence-corrected chi connectivity index (χ1v) is 12.3. The Kier molecular flexibility index (Phi) is 11.8. The van der Waals surface area contributed by atoms with Gasteiger partial charge in [-0.2, -0.15) is 0 Å². The Morgan fingerprint density at radius 1 is 0.925 bits per heavy atom. The number of H-pyrrole nitrogens is 1. The number of aliphatic carboxylic acids is 1. The molecule has 1 aromatic heterocycles. The van der Waals surface area contributed by atoms with Crippen LogP contribution >= 0.6 is 0 Å². The van der Waals surface area contributed by atoms with Gasteiger partial charge in [0.15, 0.2) is 5.96 Å². The summed E-state index contributed by atoms with van der Waals surface area (Å²) in [6.45, 7) is -0.651. The summed E-state index contributed by atoms with van der Waals surface area (Å²) in [7, 11) is 0. The van der Waals surface area contributed by atoms with Crippen molar-refractivity contribution in [1.82, 2.24) is 20.9 Å². The van der Waals surface area contributed by atoms with Crippen LogP contribution in [-0.2, 0) is 30.4 Å². The Balaban J connectivity index is 2.20. The second-order valence-corrected chi connectivity index (χ2v) is 8.99. The number of nitrogens with zero attached hydrogens (tertiary/aromatic N) is 1. The number of aromatic amines is 1. The van der Waals surface area contributed by atoms with Gasteiger partial charge in [0.2, 0.25) is 23.6 Å². The molecule has 40 heavy (non-hydrogen) atoms. The topological polar surface area (TPSA) is 294 Å². The Labute approximate surface area is 228 Å². The lowest BCUT2D eigenvalue weighted by molar-refractivity contribution is -0.144. The number of rotatable bonds is 16. The number of benzene rings is 1. The van der Waals surface area contributed by atoms with Gasteiger partial charge in [-0.1, -0.05) is 18.2 Å². The van der Waals surface area contributed by atoms with Crippen LogP contribution in [0.1, 0.15) is 24.8 Å². The second-order valence-electron chi connectivity index (χ2n) is 8.99. The van der Waals surface area contributed by atoms with Gasteiger partial charge < -0.3 is 54.1 Å². The lowest BCUT2D eigenvalue weighted by Gasteiger charge is -2.24. The van der Waals surface area contributed by atoms with Gasteiger partial charge >= 0.3 is 5.97 Å². The monoisotopic (exact) mass is 561 g/mol. The Bertz CT molecular complexity index is 1240. The molecule has 16 nitrogen and oxygen atoms in total. The van der Waals surface area contributed by atoms with Crippen LogP contribution in [0.15, 0.2) is 35.5 Å². The molecule has 0 saturated heterocycles. The highest BCUT2D eigenvalue weighted by Crippen LogP contribution is 2.19. The summed E-state index contributed by atoms with van der Waals surface area (Å²) in [5, 5.41) is 26.7. The van der Waals surface area contributed by atoms with E-state index in [1.807, 2.05) is 18.2 Å². The number of carboxylic acid groups (broad SMARTS) is 1. The predicted molar refractivity (Wildman–Crippen MR) is 144 cm³/mol. The molecule has 0 radical (unpaired) electrons. The summed E-state index contributed by atoms with van der Waals surface area (Å²) in [6, 6.07) is 1.76. The zero-order valence-corrected chi connectivity index (χ0v) is 21.6. The van der Waals surface area contributed by atoms with Crippen LogP contribution in [-0.4, -0.2) is 88.1 Å². The number of amides is 4. The van der Waals surface area contributed by atoms with Crippen molar-refractivity contribution in [2.24, 2.45) is 27.9 Å². The van der Waals surface area contributed by atoms with E-state index in [0.717, 1.165) is 10.9 Å². The number of carboxylic acids is 1. The van der Waals surface area contributed by atoms with Gasteiger partial charge in [-0.25, -0.2) is 4.79 Å². The molecule has 0 aliphatic heterocycles. The molecule has 16 heteroatoms. The molecular formula is C24H35N9O7. The predicted octanol–water partition coefficient (Wildman–Crippen LogP) is -3.50. The Hall–Kier alpha value is -4.70. The zero-order chi connectivity index (χ0) is 29.8. The van der Waals surface area contributed by atoms with Gasteiger partial charge in [-0.05, 0) is 24.5 Å². The molecule has 14 N–H and O–H groups in total. The molecule has 2 aromatic rings.